The van der Waals surface area contributed by atoms with Gasteiger partial charge in [-0.1, -0.05) is 0 Å². The normalized spacial score (nSPS) is 20.6. The van der Waals surface area contributed by atoms with Crippen molar-refractivity contribution in [1.82, 2.24) is 9.88 Å². The van der Waals surface area contributed by atoms with Crippen LogP contribution in [0.5, 0.6) is 0 Å². The van der Waals surface area contributed by atoms with Crippen LogP contribution in [0.2, 0.25) is 0 Å². The predicted octanol–water partition coefficient (Wildman–Crippen LogP) is 0.217. The van der Waals surface area contributed by atoms with Crippen LogP contribution >= 0.6 is 0 Å². The molecule has 80 valence electrons. The van der Waals surface area contributed by atoms with E-state index in [9.17, 15) is 9.90 Å². The number of nitrogens with zero attached hydrogens (tertiary/aromatic N) is 2. The van der Waals surface area contributed by atoms with E-state index >= 15 is 0 Å². The molecule has 0 unspecified atom stereocenters. The highest BCUT2D eigenvalue weighted by Crippen LogP contribution is 2.10. The molecule has 0 radical (unpaired) electrons. The third-order valence-electron chi connectivity index (χ3n) is 2.62. The molecule has 0 aromatic carbocycles. The molecule has 2 rings (SSSR count). The molecule has 2 heterocycles. The van der Waals surface area contributed by atoms with E-state index < -0.39 is 0 Å². The topological polar surface area (TPSA) is 53.4 Å². The second-order valence-electron chi connectivity index (χ2n) is 3.81. The maximum atomic E-state index is 11.8. The molecule has 1 atom stereocenters. The zero-order valence-electron chi connectivity index (χ0n) is 8.47. The number of hydrogen-bond acceptors (Lipinski definition) is 3. The van der Waals surface area contributed by atoms with E-state index in [0.717, 1.165) is 5.56 Å². The van der Waals surface area contributed by atoms with Crippen LogP contribution in [-0.2, 0) is 11.2 Å². The number of aliphatic hydroxyl groups is 1. The Kier molecular flexibility index (Phi) is 2.97. The molecule has 1 aromatic heterocycles. The Hall–Kier alpha value is -1.42. The van der Waals surface area contributed by atoms with Gasteiger partial charge in [0.05, 0.1) is 12.5 Å². The zero-order valence-corrected chi connectivity index (χ0v) is 8.47. The Morgan fingerprint density at radius 3 is 2.87 bits per heavy atom. The van der Waals surface area contributed by atoms with E-state index in [1.807, 2.05) is 12.1 Å². The number of aromatic nitrogens is 1. The summed E-state index contributed by atoms with van der Waals surface area (Å²) in [7, 11) is 0. The summed E-state index contributed by atoms with van der Waals surface area (Å²) in [6.07, 6.45) is 4.12. The first-order chi connectivity index (χ1) is 7.25. The van der Waals surface area contributed by atoms with Crippen molar-refractivity contribution >= 4 is 5.91 Å². The number of aliphatic hydroxyl groups excluding tert-OH is 1. The van der Waals surface area contributed by atoms with Crippen LogP contribution in [0.1, 0.15) is 12.0 Å². The van der Waals surface area contributed by atoms with Crippen molar-refractivity contribution in [3.63, 3.8) is 0 Å². The van der Waals surface area contributed by atoms with E-state index in [4.69, 9.17) is 0 Å². The molecule has 0 bridgehead atoms. The standard InChI is InChI=1S/C11H14N2O2/c14-10-3-6-13(8-10)11(15)7-9-1-4-12-5-2-9/h1-2,4-5,10,14H,3,6-8H2/t10-/m0/s1. The first-order valence-corrected chi connectivity index (χ1v) is 5.10. The minimum Gasteiger partial charge on any atom is -0.391 e. The van der Waals surface area contributed by atoms with E-state index in [-0.39, 0.29) is 12.0 Å². The lowest BCUT2D eigenvalue weighted by Crippen LogP contribution is -2.30. The minimum absolute atomic E-state index is 0.0813. The molecule has 1 fully saturated rings. The molecule has 1 N–H and O–H groups in total. The summed E-state index contributed by atoms with van der Waals surface area (Å²) in [4.78, 5) is 17.4. The third kappa shape index (κ3) is 2.53. The Bertz CT molecular complexity index is 340. The molecule has 1 amide bonds. The fourth-order valence-corrected chi connectivity index (χ4v) is 1.76. The van der Waals surface area contributed by atoms with Gasteiger partial charge in [-0.25, -0.2) is 0 Å². The van der Waals surface area contributed by atoms with Crippen molar-refractivity contribution in [3.05, 3.63) is 30.1 Å². The molecule has 1 aliphatic heterocycles. The number of amides is 1. The molecular formula is C11H14N2O2. The quantitative estimate of drug-likeness (QED) is 0.753. The van der Waals surface area contributed by atoms with Crippen molar-refractivity contribution < 1.29 is 9.90 Å². The van der Waals surface area contributed by atoms with Crippen LogP contribution in [0.15, 0.2) is 24.5 Å². The largest absolute Gasteiger partial charge is 0.391 e. The van der Waals surface area contributed by atoms with Crippen LogP contribution in [0.4, 0.5) is 0 Å². The molecular weight excluding hydrogens is 192 g/mol. The average Bonchev–Trinajstić information content (AvgIpc) is 2.66. The van der Waals surface area contributed by atoms with Gasteiger partial charge in [0.2, 0.25) is 5.91 Å². The highest BCUT2D eigenvalue weighted by molar-refractivity contribution is 5.79. The van der Waals surface area contributed by atoms with Gasteiger partial charge in [0, 0.05) is 25.5 Å². The van der Waals surface area contributed by atoms with Gasteiger partial charge in [-0.05, 0) is 24.1 Å². The second-order valence-corrected chi connectivity index (χ2v) is 3.81. The molecule has 1 aliphatic rings. The van der Waals surface area contributed by atoms with Crippen molar-refractivity contribution in [3.8, 4) is 0 Å². The molecule has 0 saturated carbocycles. The van der Waals surface area contributed by atoms with Crippen molar-refractivity contribution in [2.75, 3.05) is 13.1 Å². The lowest BCUT2D eigenvalue weighted by molar-refractivity contribution is -0.129. The van der Waals surface area contributed by atoms with Gasteiger partial charge in [-0.3, -0.25) is 9.78 Å². The summed E-state index contributed by atoms with van der Waals surface area (Å²) >= 11 is 0. The molecule has 1 aromatic rings. The first kappa shape index (κ1) is 10.1. The second kappa shape index (κ2) is 4.40. The van der Waals surface area contributed by atoms with E-state index in [2.05, 4.69) is 4.98 Å². The first-order valence-electron chi connectivity index (χ1n) is 5.10. The van der Waals surface area contributed by atoms with Crippen LogP contribution in [0, 0.1) is 0 Å². The van der Waals surface area contributed by atoms with Crippen molar-refractivity contribution in [1.29, 1.82) is 0 Å². The number of rotatable bonds is 2. The van der Waals surface area contributed by atoms with Gasteiger partial charge < -0.3 is 10.0 Å². The van der Waals surface area contributed by atoms with Crippen LogP contribution in [-0.4, -0.2) is 40.1 Å². The number of β-amino-alcohol motifs (C(OH)–C–C–N with tert-alkyl or cyclic N) is 1. The molecule has 0 spiro atoms. The van der Waals surface area contributed by atoms with Gasteiger partial charge in [0.25, 0.3) is 0 Å². The highest BCUT2D eigenvalue weighted by Gasteiger charge is 2.24. The molecule has 15 heavy (non-hydrogen) atoms. The summed E-state index contributed by atoms with van der Waals surface area (Å²) in [5.74, 6) is 0.0813. The fraction of sp³-hybridized carbons (Fsp3) is 0.455. The lowest BCUT2D eigenvalue weighted by atomic mass is 10.2. The SMILES string of the molecule is O=C(Cc1ccncc1)N1CC[C@H](O)C1. The zero-order chi connectivity index (χ0) is 10.7. The Labute approximate surface area is 88.6 Å². The van der Waals surface area contributed by atoms with Gasteiger partial charge in [0.15, 0.2) is 0 Å². The molecule has 4 heteroatoms. The maximum Gasteiger partial charge on any atom is 0.227 e. The van der Waals surface area contributed by atoms with E-state index in [1.54, 1.807) is 17.3 Å². The summed E-state index contributed by atoms with van der Waals surface area (Å²) < 4.78 is 0. The number of hydrogen-bond donors (Lipinski definition) is 1. The number of likely N-dealkylation sites (tertiary alicyclic amines) is 1. The predicted molar refractivity (Wildman–Crippen MR) is 55.1 cm³/mol. The van der Waals surface area contributed by atoms with E-state index in [1.165, 1.54) is 0 Å². The molecule has 0 aliphatic carbocycles. The summed E-state index contributed by atoms with van der Waals surface area (Å²) in [5, 5.41) is 9.31. The maximum absolute atomic E-state index is 11.8. The highest BCUT2D eigenvalue weighted by atomic mass is 16.3. The van der Waals surface area contributed by atoms with Crippen LogP contribution in [0.3, 0.4) is 0 Å². The molecule has 4 nitrogen and oxygen atoms in total. The average molecular weight is 206 g/mol. The number of carbonyl (C=O) groups excluding carboxylic acids is 1. The minimum atomic E-state index is -0.341. The number of pyridine rings is 1. The van der Waals surface area contributed by atoms with Crippen LogP contribution < -0.4 is 0 Å². The summed E-state index contributed by atoms with van der Waals surface area (Å²) in [6, 6.07) is 3.68. The van der Waals surface area contributed by atoms with Gasteiger partial charge in [-0.15, -0.1) is 0 Å². The van der Waals surface area contributed by atoms with Gasteiger partial charge in [0.1, 0.15) is 0 Å². The van der Waals surface area contributed by atoms with E-state index in [0.29, 0.717) is 25.9 Å². The van der Waals surface area contributed by atoms with Crippen LogP contribution in [0.25, 0.3) is 0 Å². The lowest BCUT2D eigenvalue weighted by Gasteiger charge is -2.15. The van der Waals surface area contributed by atoms with Crippen molar-refractivity contribution in [2.45, 2.75) is 18.9 Å². The third-order valence-corrected chi connectivity index (χ3v) is 2.62. The molecule has 1 saturated heterocycles. The monoisotopic (exact) mass is 206 g/mol. The summed E-state index contributed by atoms with van der Waals surface area (Å²) in [5.41, 5.74) is 0.969. The number of carbonyl (C=O) groups is 1. The Morgan fingerprint density at radius 1 is 1.53 bits per heavy atom. The van der Waals surface area contributed by atoms with Gasteiger partial charge in [-0.2, -0.15) is 0 Å². The Morgan fingerprint density at radius 2 is 2.27 bits per heavy atom. The van der Waals surface area contributed by atoms with Crippen molar-refractivity contribution in [2.24, 2.45) is 0 Å². The fourth-order valence-electron chi connectivity index (χ4n) is 1.76. The van der Waals surface area contributed by atoms with Gasteiger partial charge >= 0.3 is 0 Å². The Balaban J connectivity index is 1.93. The summed E-state index contributed by atoms with van der Waals surface area (Å²) in [6.45, 7) is 1.15. The smallest absolute Gasteiger partial charge is 0.227 e.